The third-order valence-corrected chi connectivity index (χ3v) is 9.01. The van der Waals surface area contributed by atoms with Crippen molar-refractivity contribution in [3.05, 3.63) is 64.4 Å². The van der Waals surface area contributed by atoms with Gasteiger partial charge in [-0.05, 0) is 50.1 Å². The van der Waals surface area contributed by atoms with Crippen LogP contribution in [0.2, 0.25) is 5.02 Å². The van der Waals surface area contributed by atoms with Gasteiger partial charge in [-0.15, -0.1) is 0 Å². The maximum atomic E-state index is 14.6. The fourth-order valence-electron chi connectivity index (χ4n) is 3.48. The summed E-state index contributed by atoms with van der Waals surface area (Å²) in [7, 11) is -10.0. The lowest BCUT2D eigenvalue weighted by Crippen LogP contribution is -2.58. The van der Waals surface area contributed by atoms with E-state index in [2.05, 4.69) is 0 Å². The van der Waals surface area contributed by atoms with Gasteiger partial charge in [0.25, 0.3) is 0 Å². The van der Waals surface area contributed by atoms with E-state index in [0.717, 1.165) is 17.7 Å². The monoisotopic (exact) mass is 485 g/mol. The van der Waals surface area contributed by atoms with E-state index in [9.17, 15) is 34.4 Å². The summed E-state index contributed by atoms with van der Waals surface area (Å²) in [4.78, 5) is -0.162. The minimum absolute atomic E-state index is 0.0317. The average molecular weight is 486 g/mol. The minimum Gasteiger partial charge on any atom is -0.223 e. The number of hydrogen-bond donors (Lipinski definition) is 1. The van der Waals surface area contributed by atoms with Crippen LogP contribution in [0.25, 0.3) is 0 Å². The molecule has 0 atom stereocenters. The van der Waals surface area contributed by atoms with E-state index >= 15 is 0 Å². The van der Waals surface area contributed by atoms with Gasteiger partial charge >= 0.3 is 15.5 Å². The fourth-order valence-corrected chi connectivity index (χ4v) is 6.62. The molecule has 1 saturated carbocycles. The Hall–Kier alpha value is -1.69. The number of hydrogen-bond acceptors (Lipinski definition) is 4. The minimum atomic E-state index is -5.69. The lowest BCUT2D eigenvalue weighted by molar-refractivity contribution is -0.0455. The van der Waals surface area contributed by atoms with Gasteiger partial charge in [0.1, 0.15) is 10.6 Å². The van der Waals surface area contributed by atoms with Crippen molar-refractivity contribution in [2.45, 2.75) is 41.0 Å². The second-order valence-electron chi connectivity index (χ2n) is 7.11. The summed E-state index contributed by atoms with van der Waals surface area (Å²) in [5.41, 5.74) is -5.11. The van der Waals surface area contributed by atoms with Crippen LogP contribution in [0.5, 0.6) is 0 Å². The summed E-state index contributed by atoms with van der Waals surface area (Å²) in [6.07, 6.45) is -1.18. The van der Waals surface area contributed by atoms with E-state index in [0.29, 0.717) is 0 Å². The van der Waals surface area contributed by atoms with Crippen molar-refractivity contribution in [1.82, 2.24) is 4.72 Å². The Kier molecular flexibility index (Phi) is 5.72. The predicted molar refractivity (Wildman–Crippen MR) is 103 cm³/mol. The molecule has 5 nitrogen and oxygen atoms in total. The van der Waals surface area contributed by atoms with Crippen LogP contribution in [-0.2, 0) is 24.6 Å². The van der Waals surface area contributed by atoms with Crippen LogP contribution in [0.3, 0.4) is 0 Å². The van der Waals surface area contributed by atoms with Gasteiger partial charge in [0.05, 0.1) is 4.90 Å². The van der Waals surface area contributed by atoms with E-state index in [-0.39, 0.29) is 15.5 Å². The van der Waals surface area contributed by atoms with Crippen LogP contribution in [0.4, 0.5) is 17.6 Å². The van der Waals surface area contributed by atoms with Gasteiger partial charge < -0.3 is 0 Å². The number of sulfone groups is 1. The number of rotatable bonds is 5. The molecule has 164 valence electrons. The van der Waals surface area contributed by atoms with Crippen molar-refractivity contribution in [2.75, 3.05) is 0 Å². The molecule has 0 heterocycles. The largest absolute Gasteiger partial charge is 0.511 e. The molecule has 0 aliphatic heterocycles. The number of nitrogens with one attached hydrogen (secondary N) is 1. The molecule has 0 bridgehead atoms. The van der Waals surface area contributed by atoms with Crippen molar-refractivity contribution in [3.63, 3.8) is 0 Å². The van der Waals surface area contributed by atoms with Crippen LogP contribution in [0, 0.1) is 12.7 Å². The zero-order chi connectivity index (χ0) is 22.5. The highest BCUT2D eigenvalue weighted by Crippen LogP contribution is 2.52. The normalized spacial score (nSPS) is 22.5. The first kappa shape index (κ1) is 23.0. The molecule has 1 aliphatic rings. The van der Waals surface area contributed by atoms with E-state index in [1.165, 1.54) is 35.1 Å². The van der Waals surface area contributed by atoms with Crippen LogP contribution in [-0.4, -0.2) is 28.4 Å². The van der Waals surface area contributed by atoms with E-state index in [4.69, 9.17) is 11.6 Å². The zero-order valence-electron chi connectivity index (χ0n) is 15.4. The van der Waals surface area contributed by atoms with Gasteiger partial charge in [0.15, 0.2) is 9.84 Å². The molecule has 0 amide bonds. The van der Waals surface area contributed by atoms with Gasteiger partial charge in [-0.1, -0.05) is 29.3 Å². The maximum Gasteiger partial charge on any atom is 0.511 e. The molecule has 0 unspecified atom stereocenters. The predicted octanol–water partition coefficient (Wildman–Crippen LogP) is 4.06. The molecule has 0 saturated heterocycles. The lowest BCUT2D eigenvalue weighted by Gasteiger charge is -2.47. The first-order chi connectivity index (χ1) is 13.7. The Morgan fingerprint density at radius 1 is 1.03 bits per heavy atom. The summed E-state index contributed by atoms with van der Waals surface area (Å²) in [5, 5.41) is 0.0317. The van der Waals surface area contributed by atoms with Gasteiger partial charge in [-0.2, -0.15) is 13.2 Å². The van der Waals surface area contributed by atoms with Crippen LogP contribution in [0.15, 0.2) is 47.4 Å². The van der Waals surface area contributed by atoms with E-state index < -0.39 is 54.8 Å². The van der Waals surface area contributed by atoms with Crippen molar-refractivity contribution >= 4 is 31.5 Å². The average Bonchev–Trinajstić information content (AvgIpc) is 2.59. The molecule has 2 aromatic carbocycles. The molecule has 1 aliphatic carbocycles. The fraction of sp³-hybridized carbons (Fsp3) is 0.333. The SMILES string of the molecule is Cc1ccc(S(=O)(=O)C2(c3cc(Cl)ccc3F)CC(NS(=O)(=O)C(F)(F)F)C2)cc1. The second-order valence-corrected chi connectivity index (χ2v) is 11.5. The summed E-state index contributed by atoms with van der Waals surface area (Å²) < 4.78 is 102. The summed E-state index contributed by atoms with van der Waals surface area (Å²) in [5.74, 6) is -0.910. The van der Waals surface area contributed by atoms with Crippen LogP contribution < -0.4 is 4.72 Å². The summed E-state index contributed by atoms with van der Waals surface area (Å²) in [6.45, 7) is 1.73. The third-order valence-electron chi connectivity index (χ3n) is 5.04. The van der Waals surface area contributed by atoms with E-state index in [1.54, 1.807) is 6.92 Å². The molecule has 1 N–H and O–H groups in total. The van der Waals surface area contributed by atoms with Crippen LogP contribution in [0.1, 0.15) is 24.0 Å². The van der Waals surface area contributed by atoms with Crippen LogP contribution >= 0.6 is 11.6 Å². The van der Waals surface area contributed by atoms with Crippen molar-refractivity contribution < 1.29 is 34.4 Å². The summed E-state index contributed by atoms with van der Waals surface area (Å²) >= 11 is 5.90. The van der Waals surface area contributed by atoms with Gasteiger partial charge in [0.2, 0.25) is 0 Å². The Morgan fingerprint density at radius 2 is 1.60 bits per heavy atom. The number of benzene rings is 2. The Bertz CT molecular complexity index is 1170. The number of aryl methyl sites for hydroxylation is 1. The van der Waals surface area contributed by atoms with E-state index in [1.807, 2.05) is 0 Å². The number of alkyl halides is 3. The maximum absolute atomic E-state index is 14.6. The highest BCUT2D eigenvalue weighted by molar-refractivity contribution is 7.92. The Morgan fingerprint density at radius 3 is 2.13 bits per heavy atom. The van der Waals surface area contributed by atoms with Gasteiger partial charge in [-0.3, -0.25) is 0 Å². The van der Waals surface area contributed by atoms with Gasteiger partial charge in [-0.25, -0.2) is 25.9 Å². The molecule has 30 heavy (non-hydrogen) atoms. The number of sulfonamides is 1. The highest BCUT2D eigenvalue weighted by atomic mass is 35.5. The number of halogens is 5. The smallest absolute Gasteiger partial charge is 0.223 e. The zero-order valence-corrected chi connectivity index (χ0v) is 17.8. The molecule has 12 heteroatoms. The Balaban J connectivity index is 2.07. The first-order valence-electron chi connectivity index (χ1n) is 8.55. The molecule has 3 rings (SSSR count). The van der Waals surface area contributed by atoms with Gasteiger partial charge in [0, 0.05) is 16.6 Å². The Labute approximate surface area is 176 Å². The lowest BCUT2D eigenvalue weighted by atomic mass is 9.75. The highest BCUT2D eigenvalue weighted by Gasteiger charge is 2.59. The quantitative estimate of drug-likeness (QED) is 0.648. The molecule has 2 aromatic rings. The van der Waals surface area contributed by atoms with Crippen molar-refractivity contribution in [2.24, 2.45) is 0 Å². The summed E-state index contributed by atoms with van der Waals surface area (Å²) in [6, 6.07) is 7.57. The first-order valence-corrected chi connectivity index (χ1v) is 11.9. The molecular weight excluding hydrogens is 470 g/mol. The molecule has 0 aromatic heterocycles. The third kappa shape index (κ3) is 3.83. The molecule has 1 fully saturated rings. The topological polar surface area (TPSA) is 80.3 Å². The molecular formula is C18H16ClF4NO4S2. The molecule has 0 spiro atoms. The standard InChI is InChI=1S/C18H16ClF4NO4S2/c1-11-2-5-14(6-3-11)29(25,26)17(15-8-12(19)4-7-16(15)20)9-13(10-17)24-30(27,28)18(21,22)23/h2-8,13,24H,9-10H2,1H3. The van der Waals surface area contributed by atoms with Crippen molar-refractivity contribution in [1.29, 1.82) is 0 Å². The second kappa shape index (κ2) is 7.47. The molecule has 0 radical (unpaired) electrons. The van der Waals surface area contributed by atoms with Crippen molar-refractivity contribution in [3.8, 4) is 0 Å².